The van der Waals surface area contributed by atoms with E-state index in [1.165, 1.54) is 0 Å². The molecule has 0 heterocycles. The van der Waals surface area contributed by atoms with Gasteiger partial charge >= 0.3 is 0 Å². The Balaban J connectivity index is 2.14. The zero-order valence-electron chi connectivity index (χ0n) is 10.2. The van der Waals surface area contributed by atoms with Gasteiger partial charge in [-0.05, 0) is 42.5 Å². The predicted octanol–water partition coefficient (Wildman–Crippen LogP) is 3.33. The Kier molecular flexibility index (Phi) is 4.35. The van der Waals surface area contributed by atoms with Crippen LogP contribution in [0.25, 0.3) is 0 Å². The molecule has 1 atom stereocenters. The number of benzene rings is 2. The second-order valence-corrected chi connectivity index (χ2v) is 5.76. The first-order valence-corrected chi connectivity index (χ1v) is 7.50. The Morgan fingerprint density at radius 1 is 1.16 bits per heavy atom. The van der Waals surface area contributed by atoms with Crippen molar-refractivity contribution in [2.24, 2.45) is 0 Å². The molecule has 0 aliphatic carbocycles. The minimum absolute atomic E-state index is 0.226. The first kappa shape index (κ1) is 13.8. The van der Waals surface area contributed by atoms with Crippen LogP contribution in [-0.4, -0.2) is 16.4 Å². The molecule has 1 amide bonds. The number of carbonyl (C=O) groups excluding carboxylic acids is 1. The summed E-state index contributed by atoms with van der Waals surface area (Å²) in [7, 11) is -1.04. The minimum Gasteiger partial charge on any atom is -0.322 e. The van der Waals surface area contributed by atoms with Gasteiger partial charge in [0, 0.05) is 38.2 Å². The fourth-order valence-corrected chi connectivity index (χ4v) is 2.28. The molecule has 0 aliphatic heterocycles. The van der Waals surface area contributed by atoms with Gasteiger partial charge < -0.3 is 5.32 Å². The van der Waals surface area contributed by atoms with Gasteiger partial charge in [-0.25, -0.2) is 0 Å². The van der Waals surface area contributed by atoms with E-state index in [9.17, 15) is 9.00 Å². The summed E-state index contributed by atoms with van der Waals surface area (Å²) in [6.45, 7) is 0. The molecule has 98 valence electrons. The normalized spacial score (nSPS) is 11.9. The molecule has 0 fully saturated rings. The second-order valence-electron chi connectivity index (χ2n) is 3.94. The number of hydrogen-bond acceptors (Lipinski definition) is 2. The number of rotatable bonds is 3. The molecule has 2 aromatic carbocycles. The summed E-state index contributed by atoms with van der Waals surface area (Å²) in [6.07, 6.45) is 1.60. The van der Waals surface area contributed by atoms with Crippen molar-refractivity contribution in [3.05, 3.63) is 59.1 Å². The Morgan fingerprint density at radius 2 is 1.84 bits per heavy atom. The molecule has 0 bridgehead atoms. The van der Waals surface area contributed by atoms with E-state index < -0.39 is 10.8 Å². The van der Waals surface area contributed by atoms with Crippen LogP contribution in [0.1, 0.15) is 10.4 Å². The van der Waals surface area contributed by atoms with Crippen LogP contribution >= 0.6 is 11.6 Å². The van der Waals surface area contributed by atoms with Gasteiger partial charge in [0.05, 0.1) is 0 Å². The highest BCUT2D eigenvalue weighted by atomic mass is 35.5. The second kappa shape index (κ2) is 5.99. The van der Waals surface area contributed by atoms with Crippen LogP contribution in [0.4, 0.5) is 5.69 Å². The Labute approximate surface area is 119 Å². The van der Waals surface area contributed by atoms with Crippen molar-refractivity contribution >= 4 is 34.0 Å². The lowest BCUT2D eigenvalue weighted by Gasteiger charge is -2.06. The lowest BCUT2D eigenvalue weighted by Crippen LogP contribution is -2.11. The van der Waals surface area contributed by atoms with Crippen LogP contribution < -0.4 is 5.32 Å². The molecule has 0 unspecified atom stereocenters. The van der Waals surface area contributed by atoms with Gasteiger partial charge in [0.25, 0.3) is 5.91 Å². The van der Waals surface area contributed by atoms with Crippen LogP contribution in [0, 0.1) is 0 Å². The molecule has 0 aromatic heterocycles. The summed E-state index contributed by atoms with van der Waals surface area (Å²) in [5.74, 6) is -0.226. The van der Waals surface area contributed by atoms with Gasteiger partial charge in [-0.2, -0.15) is 0 Å². The van der Waals surface area contributed by atoms with E-state index in [0.717, 1.165) is 0 Å². The van der Waals surface area contributed by atoms with Crippen molar-refractivity contribution in [2.75, 3.05) is 11.6 Å². The third-order valence-electron chi connectivity index (χ3n) is 2.53. The molecule has 5 heteroatoms. The SMILES string of the molecule is C[S@](=O)c1ccc(C(=O)Nc2cccc(Cl)c2)cc1. The Bertz CT molecular complexity index is 626. The largest absolute Gasteiger partial charge is 0.322 e. The molecule has 19 heavy (non-hydrogen) atoms. The lowest BCUT2D eigenvalue weighted by molar-refractivity contribution is 0.102. The van der Waals surface area contributed by atoms with Gasteiger partial charge in [0.1, 0.15) is 0 Å². The molecular formula is C14H12ClNO2S. The maximum absolute atomic E-state index is 12.0. The maximum Gasteiger partial charge on any atom is 0.255 e. The average Bonchev–Trinajstić information content (AvgIpc) is 2.39. The third kappa shape index (κ3) is 3.66. The predicted molar refractivity (Wildman–Crippen MR) is 78.2 cm³/mol. The third-order valence-corrected chi connectivity index (χ3v) is 3.70. The highest BCUT2D eigenvalue weighted by Crippen LogP contribution is 2.16. The quantitative estimate of drug-likeness (QED) is 0.943. The highest BCUT2D eigenvalue weighted by molar-refractivity contribution is 7.84. The van der Waals surface area contributed by atoms with E-state index in [0.29, 0.717) is 21.2 Å². The van der Waals surface area contributed by atoms with Crippen LogP contribution in [0.15, 0.2) is 53.4 Å². The molecule has 0 radical (unpaired) electrons. The molecule has 0 saturated carbocycles. The van der Waals surface area contributed by atoms with Crippen molar-refractivity contribution < 1.29 is 9.00 Å². The summed E-state index contributed by atoms with van der Waals surface area (Å²) < 4.78 is 11.3. The molecule has 1 N–H and O–H groups in total. The average molecular weight is 294 g/mol. The van der Waals surface area contributed by atoms with Gasteiger partial charge in [-0.1, -0.05) is 17.7 Å². The summed E-state index contributed by atoms with van der Waals surface area (Å²) in [4.78, 5) is 12.7. The summed E-state index contributed by atoms with van der Waals surface area (Å²) in [6, 6.07) is 13.6. The summed E-state index contributed by atoms with van der Waals surface area (Å²) >= 11 is 5.84. The van der Waals surface area contributed by atoms with Gasteiger partial charge in [0.15, 0.2) is 0 Å². The monoisotopic (exact) mass is 293 g/mol. The molecule has 0 saturated heterocycles. The van der Waals surface area contributed by atoms with E-state index in [2.05, 4.69) is 5.32 Å². The topological polar surface area (TPSA) is 46.2 Å². The standard InChI is InChI=1S/C14H12ClNO2S/c1-19(18)13-7-5-10(6-8-13)14(17)16-12-4-2-3-11(15)9-12/h2-9H,1H3,(H,16,17)/t19-/m0/s1. The number of carbonyl (C=O) groups is 1. The first-order chi connectivity index (χ1) is 9.06. The number of halogens is 1. The zero-order chi connectivity index (χ0) is 13.8. The number of hydrogen-bond donors (Lipinski definition) is 1. The fourth-order valence-electron chi connectivity index (χ4n) is 1.57. The van der Waals surface area contributed by atoms with E-state index in [4.69, 9.17) is 11.6 Å². The molecule has 0 aliphatic rings. The minimum atomic E-state index is -1.04. The number of nitrogens with one attached hydrogen (secondary N) is 1. The molecule has 2 aromatic rings. The molecular weight excluding hydrogens is 282 g/mol. The summed E-state index contributed by atoms with van der Waals surface area (Å²) in [5.41, 5.74) is 1.15. The maximum atomic E-state index is 12.0. The van der Waals surface area contributed by atoms with Gasteiger partial charge in [-0.3, -0.25) is 9.00 Å². The van der Waals surface area contributed by atoms with Crippen molar-refractivity contribution in [1.29, 1.82) is 0 Å². The van der Waals surface area contributed by atoms with Crippen molar-refractivity contribution in [3.63, 3.8) is 0 Å². The van der Waals surface area contributed by atoms with Crippen LogP contribution in [-0.2, 0) is 10.8 Å². The van der Waals surface area contributed by atoms with Gasteiger partial charge in [0.2, 0.25) is 0 Å². The molecule has 2 rings (SSSR count). The van der Waals surface area contributed by atoms with E-state index >= 15 is 0 Å². The Hall–Kier alpha value is -1.65. The van der Waals surface area contributed by atoms with E-state index in [1.54, 1.807) is 54.8 Å². The van der Waals surface area contributed by atoms with Crippen LogP contribution in [0.5, 0.6) is 0 Å². The smallest absolute Gasteiger partial charge is 0.255 e. The van der Waals surface area contributed by atoms with Crippen molar-refractivity contribution in [3.8, 4) is 0 Å². The van der Waals surface area contributed by atoms with Gasteiger partial charge in [-0.15, -0.1) is 0 Å². The van der Waals surface area contributed by atoms with Crippen LogP contribution in [0.3, 0.4) is 0 Å². The highest BCUT2D eigenvalue weighted by Gasteiger charge is 2.07. The fraction of sp³-hybridized carbons (Fsp3) is 0.0714. The lowest BCUT2D eigenvalue weighted by atomic mass is 10.2. The van der Waals surface area contributed by atoms with Crippen LogP contribution in [0.2, 0.25) is 5.02 Å². The Morgan fingerprint density at radius 3 is 2.42 bits per heavy atom. The molecule has 0 spiro atoms. The summed E-state index contributed by atoms with van der Waals surface area (Å²) in [5, 5.41) is 3.31. The number of amides is 1. The van der Waals surface area contributed by atoms with E-state index in [1.807, 2.05) is 0 Å². The van der Waals surface area contributed by atoms with Crippen molar-refractivity contribution in [1.82, 2.24) is 0 Å². The first-order valence-electron chi connectivity index (χ1n) is 5.56. The van der Waals surface area contributed by atoms with Crippen molar-refractivity contribution in [2.45, 2.75) is 4.90 Å². The molecule has 3 nitrogen and oxygen atoms in total. The number of anilines is 1. The zero-order valence-corrected chi connectivity index (χ0v) is 11.8. The van der Waals surface area contributed by atoms with E-state index in [-0.39, 0.29) is 5.91 Å².